The van der Waals surface area contributed by atoms with Gasteiger partial charge >= 0.3 is 0 Å². The molecule has 0 unspecified atom stereocenters. The summed E-state index contributed by atoms with van der Waals surface area (Å²) >= 11 is 0. The summed E-state index contributed by atoms with van der Waals surface area (Å²) in [7, 11) is 0. The van der Waals surface area contributed by atoms with Gasteiger partial charge < -0.3 is 0 Å². The van der Waals surface area contributed by atoms with E-state index in [-0.39, 0.29) is 0 Å². The Kier molecular flexibility index (Phi) is 18.7. The molecule has 0 saturated carbocycles. The van der Waals surface area contributed by atoms with Gasteiger partial charge in [-0.05, 0) is 12.1 Å². The Bertz CT molecular complexity index is 87.7. The van der Waals surface area contributed by atoms with E-state index in [0.29, 0.717) is 0 Å². The van der Waals surface area contributed by atoms with Crippen LogP contribution in [0.25, 0.3) is 0 Å². The van der Waals surface area contributed by atoms with Crippen molar-refractivity contribution in [2.24, 2.45) is 0 Å². The van der Waals surface area contributed by atoms with Crippen LogP contribution in [0.4, 0.5) is 0 Å². The van der Waals surface area contributed by atoms with Gasteiger partial charge in [0.25, 0.3) is 0 Å². The van der Waals surface area contributed by atoms with Crippen LogP contribution in [0.5, 0.6) is 0 Å². The van der Waals surface area contributed by atoms with Crippen molar-refractivity contribution in [1.82, 2.24) is 4.98 Å². The van der Waals surface area contributed by atoms with Gasteiger partial charge in [0.15, 0.2) is 0 Å². The monoisotopic (exact) mass is 153 g/mol. The molecule has 0 bridgehead atoms. The van der Waals surface area contributed by atoms with Crippen molar-refractivity contribution in [3.8, 4) is 0 Å². The quantitative estimate of drug-likeness (QED) is 0.555. The average Bonchev–Trinajstić information content (AvgIpc) is 2.12. The third kappa shape index (κ3) is 17.6. The Morgan fingerprint density at radius 3 is 1.36 bits per heavy atom. The van der Waals surface area contributed by atoms with Crippen LogP contribution in [0.2, 0.25) is 0 Å². The zero-order chi connectivity index (χ0) is 8.95. The first-order valence-corrected chi connectivity index (χ1v) is 4.26. The molecule has 0 fully saturated rings. The molecule has 0 saturated heterocycles. The third-order valence-corrected chi connectivity index (χ3v) is 0.566. The molecule has 0 aliphatic carbocycles. The van der Waals surface area contributed by atoms with E-state index in [2.05, 4.69) is 18.8 Å². The zero-order valence-corrected chi connectivity index (χ0v) is 8.04. The van der Waals surface area contributed by atoms with Gasteiger partial charge in [-0.15, -0.1) is 0 Å². The van der Waals surface area contributed by atoms with Crippen LogP contribution in [0.15, 0.2) is 30.6 Å². The van der Waals surface area contributed by atoms with Gasteiger partial charge in [0, 0.05) is 12.4 Å². The first-order valence-electron chi connectivity index (χ1n) is 4.26. The molecule has 64 valence electrons. The molecule has 1 rings (SSSR count). The molecule has 1 nitrogen and oxygen atoms in total. The lowest BCUT2D eigenvalue weighted by Gasteiger charge is -1.70. The molecule has 0 N–H and O–H groups in total. The summed E-state index contributed by atoms with van der Waals surface area (Å²) in [5.41, 5.74) is 0. The molecule has 11 heavy (non-hydrogen) atoms. The number of nitrogens with zero attached hydrogens (tertiary/aromatic N) is 1. The lowest BCUT2D eigenvalue weighted by atomic mass is 10.5. The second-order valence-corrected chi connectivity index (χ2v) is 1.73. The van der Waals surface area contributed by atoms with Crippen LogP contribution in [-0.4, -0.2) is 4.98 Å². The number of hydrogen-bond donors (Lipinski definition) is 0. The number of hydrogen-bond acceptors (Lipinski definition) is 1. The van der Waals surface area contributed by atoms with Crippen LogP contribution in [-0.2, 0) is 0 Å². The van der Waals surface area contributed by atoms with E-state index >= 15 is 0 Å². The number of aromatic nitrogens is 1. The van der Waals surface area contributed by atoms with Crippen LogP contribution < -0.4 is 0 Å². The van der Waals surface area contributed by atoms with Gasteiger partial charge in [-0.1, -0.05) is 40.2 Å². The molecule has 1 heterocycles. The van der Waals surface area contributed by atoms with E-state index in [1.54, 1.807) is 12.4 Å². The normalized spacial score (nSPS) is 6.55. The zero-order valence-electron chi connectivity index (χ0n) is 8.04. The van der Waals surface area contributed by atoms with Crippen molar-refractivity contribution in [3.05, 3.63) is 30.6 Å². The summed E-state index contributed by atoms with van der Waals surface area (Å²) in [6.45, 7) is 8.25. The summed E-state index contributed by atoms with van der Waals surface area (Å²) in [6, 6.07) is 5.72. The van der Waals surface area contributed by atoms with E-state index in [9.17, 15) is 0 Å². The Labute approximate surface area is 70.5 Å². The summed E-state index contributed by atoms with van der Waals surface area (Å²) in [5, 5.41) is 0. The fourth-order valence-corrected chi connectivity index (χ4v) is 0.313. The molecule has 0 aliphatic heterocycles. The maximum Gasteiger partial charge on any atom is 0.0267 e. The molecule has 0 aromatic carbocycles. The lowest BCUT2D eigenvalue weighted by molar-refractivity contribution is 1.09. The highest BCUT2D eigenvalue weighted by Crippen LogP contribution is 1.73. The maximum absolute atomic E-state index is 3.78. The van der Waals surface area contributed by atoms with Crippen molar-refractivity contribution in [3.63, 3.8) is 0 Å². The van der Waals surface area contributed by atoms with Gasteiger partial charge in [0.2, 0.25) is 0 Å². The van der Waals surface area contributed by atoms with E-state index in [0.717, 1.165) is 0 Å². The Hall–Kier alpha value is -0.850. The number of rotatable bonds is 0. The van der Waals surface area contributed by atoms with E-state index in [4.69, 9.17) is 0 Å². The minimum Gasteiger partial charge on any atom is -0.265 e. The van der Waals surface area contributed by atoms with E-state index in [1.807, 2.05) is 32.0 Å². The second-order valence-electron chi connectivity index (χ2n) is 1.73. The van der Waals surface area contributed by atoms with Crippen molar-refractivity contribution < 1.29 is 0 Å². The van der Waals surface area contributed by atoms with Crippen molar-refractivity contribution in [2.75, 3.05) is 0 Å². The molecule has 1 aromatic heterocycles. The average molecular weight is 153 g/mol. The standard InChI is InChI=1S/C5H5N.C3H8.C2H6/c1-2-4-6-5-3-1;1-3-2;1-2/h1-5H;3H2,1-2H3;1-2H3. The van der Waals surface area contributed by atoms with E-state index < -0.39 is 0 Å². The summed E-state index contributed by atoms with van der Waals surface area (Å²) in [5.74, 6) is 0. The van der Waals surface area contributed by atoms with Crippen LogP contribution in [0.1, 0.15) is 34.1 Å². The van der Waals surface area contributed by atoms with Gasteiger partial charge in [-0.2, -0.15) is 0 Å². The van der Waals surface area contributed by atoms with Crippen LogP contribution >= 0.6 is 0 Å². The third-order valence-electron chi connectivity index (χ3n) is 0.566. The minimum absolute atomic E-state index is 1.25. The van der Waals surface area contributed by atoms with Gasteiger partial charge in [0.1, 0.15) is 0 Å². The molecule has 1 heteroatoms. The lowest BCUT2D eigenvalue weighted by Crippen LogP contribution is -1.58. The molecule has 0 atom stereocenters. The molecule has 0 amide bonds. The highest BCUT2D eigenvalue weighted by molar-refractivity contribution is 4.88. The molecule has 0 radical (unpaired) electrons. The highest BCUT2D eigenvalue weighted by Gasteiger charge is 1.58. The maximum atomic E-state index is 3.78. The fourth-order valence-electron chi connectivity index (χ4n) is 0.313. The van der Waals surface area contributed by atoms with E-state index in [1.165, 1.54) is 6.42 Å². The predicted molar refractivity (Wildman–Crippen MR) is 51.6 cm³/mol. The molecule has 1 aromatic rings. The topological polar surface area (TPSA) is 12.9 Å². The summed E-state index contributed by atoms with van der Waals surface area (Å²) in [4.78, 5) is 3.78. The van der Waals surface area contributed by atoms with Gasteiger partial charge in [-0.3, -0.25) is 4.98 Å². The molecule has 0 spiro atoms. The smallest absolute Gasteiger partial charge is 0.0267 e. The van der Waals surface area contributed by atoms with Gasteiger partial charge in [0.05, 0.1) is 0 Å². The first-order chi connectivity index (χ1) is 5.41. The second kappa shape index (κ2) is 16.1. The van der Waals surface area contributed by atoms with Crippen molar-refractivity contribution >= 4 is 0 Å². The first kappa shape index (κ1) is 12.8. The van der Waals surface area contributed by atoms with Crippen molar-refractivity contribution in [2.45, 2.75) is 34.1 Å². The SMILES string of the molecule is CC.CCC.c1ccncc1. The minimum atomic E-state index is 1.25. The summed E-state index contributed by atoms with van der Waals surface area (Å²) in [6.07, 6.45) is 4.75. The predicted octanol–water partition coefficient (Wildman–Crippen LogP) is 3.52. The Balaban J connectivity index is 0. The highest BCUT2D eigenvalue weighted by atomic mass is 14.6. The van der Waals surface area contributed by atoms with Crippen LogP contribution in [0.3, 0.4) is 0 Å². The number of pyridine rings is 1. The molecular weight excluding hydrogens is 134 g/mol. The van der Waals surface area contributed by atoms with Crippen molar-refractivity contribution in [1.29, 1.82) is 0 Å². The fraction of sp³-hybridized carbons (Fsp3) is 0.500. The summed E-state index contributed by atoms with van der Waals surface area (Å²) < 4.78 is 0. The Morgan fingerprint density at radius 2 is 1.27 bits per heavy atom. The molecule has 0 aliphatic rings. The largest absolute Gasteiger partial charge is 0.265 e. The van der Waals surface area contributed by atoms with Crippen LogP contribution in [0, 0.1) is 0 Å². The molecular formula is C10H19N. The Morgan fingerprint density at radius 1 is 0.909 bits per heavy atom. The van der Waals surface area contributed by atoms with Gasteiger partial charge in [-0.25, -0.2) is 0 Å².